The Morgan fingerprint density at radius 3 is 2.71 bits per heavy atom. The average molecular weight is 434 g/mol. The quantitative estimate of drug-likeness (QED) is 0.391. The molecule has 1 N–H and O–H groups in total. The molecule has 0 bridgehead atoms. The van der Waals surface area contributed by atoms with Crippen molar-refractivity contribution in [2.45, 2.75) is 32.7 Å². The van der Waals surface area contributed by atoms with E-state index in [-0.39, 0.29) is 5.91 Å². The highest BCUT2D eigenvalue weighted by Crippen LogP contribution is 2.26. The fourth-order valence-corrected chi connectivity index (χ4v) is 4.32. The van der Waals surface area contributed by atoms with Gasteiger partial charge in [-0.3, -0.25) is 4.79 Å². The van der Waals surface area contributed by atoms with E-state index in [1.165, 1.54) is 16.9 Å². The maximum atomic E-state index is 12.2. The van der Waals surface area contributed by atoms with E-state index in [1.807, 2.05) is 53.9 Å². The summed E-state index contributed by atoms with van der Waals surface area (Å²) in [5, 5.41) is 4.90. The third-order valence-electron chi connectivity index (χ3n) is 5.23. The molecule has 2 heterocycles. The second kappa shape index (κ2) is 9.79. The molecule has 4 rings (SSSR count). The number of carbonyl (C=O) groups excluding carboxylic acids is 1. The third-order valence-corrected chi connectivity index (χ3v) is 6.09. The standard InChI is InChI=1S/C25H27N3O2S/c1-18(2)19-8-3-6-11-22(19)30-16-15-28-21-10-5-4-9-20(21)27-24(28)13-14-26-25(29)23-12-7-17-31-23/h3-12,17-18H,13-16H2,1-2H3,(H,26,29). The minimum atomic E-state index is -0.0358. The highest BCUT2D eigenvalue weighted by molar-refractivity contribution is 7.12. The molecule has 0 radical (unpaired) electrons. The molecule has 2 aromatic heterocycles. The first-order valence-corrected chi connectivity index (χ1v) is 11.5. The molecule has 0 fully saturated rings. The van der Waals surface area contributed by atoms with Crippen LogP contribution >= 0.6 is 11.3 Å². The number of hydrogen-bond donors (Lipinski definition) is 1. The number of hydrogen-bond acceptors (Lipinski definition) is 4. The Hall–Kier alpha value is -3.12. The van der Waals surface area contributed by atoms with Crippen LogP contribution in [0.2, 0.25) is 0 Å². The first kappa shape index (κ1) is 21.1. The van der Waals surface area contributed by atoms with Gasteiger partial charge in [0.1, 0.15) is 18.2 Å². The van der Waals surface area contributed by atoms with Gasteiger partial charge >= 0.3 is 0 Å². The van der Waals surface area contributed by atoms with E-state index in [1.54, 1.807) is 0 Å². The van der Waals surface area contributed by atoms with Crippen LogP contribution in [0.4, 0.5) is 0 Å². The summed E-state index contributed by atoms with van der Waals surface area (Å²) in [6.07, 6.45) is 0.661. The number of carbonyl (C=O) groups is 1. The van der Waals surface area contributed by atoms with Crippen LogP contribution in [0, 0.1) is 0 Å². The van der Waals surface area contributed by atoms with Gasteiger partial charge in [0.15, 0.2) is 0 Å². The monoisotopic (exact) mass is 433 g/mol. The number of nitrogens with one attached hydrogen (secondary N) is 1. The predicted octanol–water partition coefficient (Wildman–Crippen LogP) is 5.27. The smallest absolute Gasteiger partial charge is 0.261 e. The van der Waals surface area contributed by atoms with Gasteiger partial charge in [0.2, 0.25) is 0 Å². The number of amides is 1. The molecule has 31 heavy (non-hydrogen) atoms. The number of rotatable bonds is 9. The maximum Gasteiger partial charge on any atom is 0.261 e. The summed E-state index contributed by atoms with van der Waals surface area (Å²) in [4.78, 5) is 17.8. The second-order valence-corrected chi connectivity index (χ2v) is 8.64. The minimum Gasteiger partial charge on any atom is -0.491 e. The van der Waals surface area contributed by atoms with E-state index in [4.69, 9.17) is 9.72 Å². The van der Waals surface area contributed by atoms with Crippen LogP contribution in [0.1, 0.15) is 40.8 Å². The first-order valence-electron chi connectivity index (χ1n) is 10.6. The molecule has 0 unspecified atom stereocenters. The Morgan fingerprint density at radius 1 is 1.10 bits per heavy atom. The number of thiophene rings is 1. The molecule has 0 saturated carbocycles. The Balaban J connectivity index is 1.45. The zero-order valence-electron chi connectivity index (χ0n) is 17.9. The van der Waals surface area contributed by atoms with Gasteiger partial charge in [0.25, 0.3) is 5.91 Å². The van der Waals surface area contributed by atoms with Crippen molar-refractivity contribution in [2.24, 2.45) is 0 Å². The van der Waals surface area contributed by atoms with E-state index in [0.29, 0.717) is 32.0 Å². The first-order chi connectivity index (χ1) is 15.1. The van der Waals surface area contributed by atoms with Gasteiger partial charge in [-0.25, -0.2) is 4.98 Å². The zero-order chi connectivity index (χ0) is 21.6. The molecule has 0 saturated heterocycles. The summed E-state index contributed by atoms with van der Waals surface area (Å²) in [6, 6.07) is 20.1. The van der Waals surface area contributed by atoms with E-state index < -0.39 is 0 Å². The molecule has 5 nitrogen and oxygen atoms in total. The van der Waals surface area contributed by atoms with Crippen molar-refractivity contribution in [3.05, 3.63) is 82.3 Å². The van der Waals surface area contributed by atoms with Crippen LogP contribution in [-0.4, -0.2) is 28.6 Å². The fourth-order valence-electron chi connectivity index (χ4n) is 3.68. The third kappa shape index (κ3) is 4.97. The van der Waals surface area contributed by atoms with Crippen molar-refractivity contribution < 1.29 is 9.53 Å². The van der Waals surface area contributed by atoms with Crippen LogP contribution in [0.3, 0.4) is 0 Å². The highest BCUT2D eigenvalue weighted by atomic mass is 32.1. The van der Waals surface area contributed by atoms with Crippen molar-refractivity contribution in [3.8, 4) is 5.75 Å². The zero-order valence-corrected chi connectivity index (χ0v) is 18.7. The molecule has 6 heteroatoms. The number of imidazole rings is 1. The molecule has 0 aliphatic heterocycles. The van der Waals surface area contributed by atoms with Crippen LogP contribution < -0.4 is 10.1 Å². The lowest BCUT2D eigenvalue weighted by molar-refractivity contribution is 0.0958. The van der Waals surface area contributed by atoms with E-state index in [2.05, 4.69) is 35.9 Å². The molecule has 0 spiro atoms. The Kier molecular flexibility index (Phi) is 6.67. The summed E-state index contributed by atoms with van der Waals surface area (Å²) in [6.45, 7) is 6.14. The van der Waals surface area contributed by atoms with Crippen LogP contribution in [0.25, 0.3) is 11.0 Å². The van der Waals surface area contributed by atoms with Gasteiger partial charge < -0.3 is 14.6 Å². The average Bonchev–Trinajstić information content (AvgIpc) is 3.43. The SMILES string of the molecule is CC(C)c1ccccc1OCCn1c(CCNC(=O)c2cccs2)nc2ccccc21. The van der Waals surface area contributed by atoms with Crippen molar-refractivity contribution >= 4 is 28.3 Å². The van der Waals surface area contributed by atoms with Gasteiger partial charge in [0.05, 0.1) is 22.5 Å². The van der Waals surface area contributed by atoms with Crippen molar-refractivity contribution in [3.63, 3.8) is 0 Å². The molecule has 0 aliphatic carbocycles. The molecule has 4 aromatic rings. The number of ether oxygens (including phenoxy) is 1. The van der Waals surface area contributed by atoms with Gasteiger partial charge in [0, 0.05) is 13.0 Å². The van der Waals surface area contributed by atoms with Crippen LogP contribution in [0.15, 0.2) is 66.0 Å². The summed E-state index contributed by atoms with van der Waals surface area (Å²) in [5.74, 6) is 2.26. The molecule has 2 aromatic carbocycles. The number of aromatic nitrogens is 2. The van der Waals surface area contributed by atoms with E-state index >= 15 is 0 Å². The summed E-state index contributed by atoms with van der Waals surface area (Å²) >= 11 is 1.45. The Bertz CT molecular complexity index is 1150. The van der Waals surface area contributed by atoms with E-state index in [0.717, 1.165) is 27.5 Å². The minimum absolute atomic E-state index is 0.0358. The number of benzene rings is 2. The molecule has 0 aliphatic rings. The number of fused-ring (bicyclic) bond motifs is 1. The molecular weight excluding hydrogens is 406 g/mol. The van der Waals surface area contributed by atoms with Gasteiger partial charge in [-0.2, -0.15) is 0 Å². The van der Waals surface area contributed by atoms with Gasteiger partial charge in [-0.15, -0.1) is 11.3 Å². The van der Waals surface area contributed by atoms with Gasteiger partial charge in [-0.1, -0.05) is 50.2 Å². The number of para-hydroxylation sites is 3. The lowest BCUT2D eigenvalue weighted by Crippen LogP contribution is -2.26. The second-order valence-electron chi connectivity index (χ2n) is 7.69. The molecule has 0 atom stereocenters. The topological polar surface area (TPSA) is 56.1 Å². The predicted molar refractivity (Wildman–Crippen MR) is 126 cm³/mol. The van der Waals surface area contributed by atoms with Crippen LogP contribution in [-0.2, 0) is 13.0 Å². The molecular formula is C25H27N3O2S. The normalized spacial score (nSPS) is 11.2. The van der Waals surface area contributed by atoms with Crippen molar-refractivity contribution in [2.75, 3.05) is 13.2 Å². The number of nitrogens with zero attached hydrogens (tertiary/aromatic N) is 2. The van der Waals surface area contributed by atoms with Crippen molar-refractivity contribution in [1.82, 2.24) is 14.9 Å². The van der Waals surface area contributed by atoms with Crippen molar-refractivity contribution in [1.29, 1.82) is 0 Å². The Labute approximate surface area is 186 Å². The fraction of sp³-hybridized carbons (Fsp3) is 0.280. The van der Waals surface area contributed by atoms with Crippen LogP contribution in [0.5, 0.6) is 5.75 Å². The Morgan fingerprint density at radius 2 is 1.90 bits per heavy atom. The summed E-state index contributed by atoms with van der Waals surface area (Å²) in [5.41, 5.74) is 3.27. The summed E-state index contributed by atoms with van der Waals surface area (Å²) < 4.78 is 8.35. The highest BCUT2D eigenvalue weighted by Gasteiger charge is 2.13. The maximum absolute atomic E-state index is 12.2. The largest absolute Gasteiger partial charge is 0.491 e. The molecule has 160 valence electrons. The summed E-state index contributed by atoms with van der Waals surface area (Å²) in [7, 11) is 0. The van der Waals surface area contributed by atoms with Gasteiger partial charge in [-0.05, 0) is 41.1 Å². The lowest BCUT2D eigenvalue weighted by atomic mass is 10.0. The molecule has 1 amide bonds. The lowest BCUT2D eigenvalue weighted by Gasteiger charge is -2.15. The van der Waals surface area contributed by atoms with E-state index in [9.17, 15) is 4.79 Å².